The van der Waals surface area contributed by atoms with Crippen LogP contribution < -0.4 is 5.43 Å². The first-order valence-corrected chi connectivity index (χ1v) is 7.95. The Kier molecular flexibility index (Phi) is 4.71. The Balaban J connectivity index is 1.71. The topological polar surface area (TPSA) is 99.9 Å². The molecule has 7 nitrogen and oxygen atoms in total. The van der Waals surface area contributed by atoms with Crippen LogP contribution in [-0.4, -0.2) is 27.2 Å². The van der Waals surface area contributed by atoms with Crippen LogP contribution in [0.3, 0.4) is 0 Å². The van der Waals surface area contributed by atoms with E-state index in [0.29, 0.717) is 22.5 Å². The van der Waals surface area contributed by atoms with Crippen molar-refractivity contribution in [2.45, 2.75) is 0 Å². The number of para-hydroxylation sites is 1. The SMILES string of the molecule is O=C(NN1C(=O)SC(=CC=Cc2ccco2)C1=O)c1ccccc1O. The molecule has 0 radical (unpaired) electrons. The number of hydrogen-bond donors (Lipinski definition) is 2. The maximum atomic E-state index is 12.2. The molecule has 1 saturated heterocycles. The molecule has 2 aromatic rings. The third kappa shape index (κ3) is 3.64. The Morgan fingerprint density at radius 3 is 2.72 bits per heavy atom. The van der Waals surface area contributed by atoms with Crippen molar-refractivity contribution in [2.75, 3.05) is 0 Å². The number of amides is 3. The summed E-state index contributed by atoms with van der Waals surface area (Å²) in [7, 11) is 0. The summed E-state index contributed by atoms with van der Waals surface area (Å²) in [5, 5.41) is 9.65. The number of phenolic OH excluding ortho intramolecular Hbond substituents is 1. The van der Waals surface area contributed by atoms with Gasteiger partial charge in [0.05, 0.1) is 16.7 Å². The molecule has 2 N–H and O–H groups in total. The van der Waals surface area contributed by atoms with Crippen LogP contribution >= 0.6 is 11.8 Å². The van der Waals surface area contributed by atoms with Crippen molar-refractivity contribution >= 4 is 34.9 Å². The van der Waals surface area contributed by atoms with Crippen LogP contribution in [0.2, 0.25) is 0 Å². The van der Waals surface area contributed by atoms with E-state index < -0.39 is 17.1 Å². The van der Waals surface area contributed by atoms with E-state index in [4.69, 9.17) is 4.42 Å². The number of thioether (sulfide) groups is 1. The van der Waals surface area contributed by atoms with Gasteiger partial charge in [-0.3, -0.25) is 19.8 Å². The van der Waals surface area contributed by atoms with Crippen molar-refractivity contribution in [2.24, 2.45) is 0 Å². The zero-order valence-corrected chi connectivity index (χ0v) is 13.5. The van der Waals surface area contributed by atoms with Gasteiger partial charge < -0.3 is 9.52 Å². The normalized spacial score (nSPS) is 16.2. The number of rotatable bonds is 4. The lowest BCUT2D eigenvalue weighted by Gasteiger charge is -2.14. The Morgan fingerprint density at radius 1 is 1.20 bits per heavy atom. The minimum atomic E-state index is -0.757. The first-order chi connectivity index (χ1) is 12.1. The maximum absolute atomic E-state index is 12.2. The van der Waals surface area contributed by atoms with Gasteiger partial charge in [-0.2, -0.15) is 5.01 Å². The van der Waals surface area contributed by atoms with Crippen molar-refractivity contribution in [3.63, 3.8) is 0 Å². The molecule has 126 valence electrons. The van der Waals surface area contributed by atoms with Crippen molar-refractivity contribution < 1.29 is 23.9 Å². The van der Waals surface area contributed by atoms with Gasteiger partial charge in [0.15, 0.2) is 0 Å². The van der Waals surface area contributed by atoms with Crippen molar-refractivity contribution in [1.82, 2.24) is 10.4 Å². The van der Waals surface area contributed by atoms with Crippen LogP contribution in [-0.2, 0) is 4.79 Å². The van der Waals surface area contributed by atoms with Gasteiger partial charge in [-0.15, -0.1) is 0 Å². The van der Waals surface area contributed by atoms with Gasteiger partial charge in [0.25, 0.3) is 11.8 Å². The molecule has 1 aromatic carbocycles. The van der Waals surface area contributed by atoms with E-state index in [1.54, 1.807) is 36.4 Å². The summed E-state index contributed by atoms with van der Waals surface area (Å²) in [4.78, 5) is 36.5. The van der Waals surface area contributed by atoms with E-state index in [2.05, 4.69) is 5.43 Å². The van der Waals surface area contributed by atoms with Gasteiger partial charge in [-0.05, 0) is 48.2 Å². The molecule has 0 saturated carbocycles. The fourth-order valence-electron chi connectivity index (χ4n) is 2.02. The molecule has 0 atom stereocenters. The Hall–Kier alpha value is -3.26. The van der Waals surface area contributed by atoms with Crippen LogP contribution in [0.25, 0.3) is 6.08 Å². The van der Waals surface area contributed by atoms with E-state index >= 15 is 0 Å². The number of hydrogen-bond acceptors (Lipinski definition) is 6. The molecule has 1 aliphatic heterocycles. The van der Waals surface area contributed by atoms with Crippen molar-refractivity contribution in [3.8, 4) is 5.75 Å². The summed E-state index contributed by atoms with van der Waals surface area (Å²) in [5.74, 6) is -1.05. The predicted molar refractivity (Wildman–Crippen MR) is 91.2 cm³/mol. The summed E-state index contributed by atoms with van der Waals surface area (Å²) < 4.78 is 5.11. The lowest BCUT2D eigenvalue weighted by molar-refractivity contribution is -0.124. The molecule has 1 aromatic heterocycles. The largest absolute Gasteiger partial charge is 0.507 e. The molecule has 0 unspecified atom stereocenters. The quantitative estimate of drug-likeness (QED) is 0.817. The maximum Gasteiger partial charge on any atom is 0.312 e. The first kappa shape index (κ1) is 16.6. The van der Waals surface area contributed by atoms with E-state index in [0.717, 1.165) is 0 Å². The second-order valence-electron chi connectivity index (χ2n) is 4.87. The smallest absolute Gasteiger partial charge is 0.312 e. The standard InChI is InChI=1S/C17H12N2O5S/c20-13-8-2-1-7-12(13)15(21)18-19-16(22)14(25-17(19)23)9-3-5-11-6-4-10-24-11/h1-10,20H,(H,18,21). The van der Waals surface area contributed by atoms with Crippen molar-refractivity contribution in [1.29, 1.82) is 0 Å². The molecule has 3 amide bonds. The third-order valence-electron chi connectivity index (χ3n) is 3.21. The molecule has 0 bridgehead atoms. The van der Waals surface area contributed by atoms with Crippen LogP contribution in [0.15, 0.2) is 64.1 Å². The lowest BCUT2D eigenvalue weighted by Crippen LogP contribution is -2.44. The molecule has 2 heterocycles. The van der Waals surface area contributed by atoms with Gasteiger partial charge in [-0.1, -0.05) is 18.2 Å². The van der Waals surface area contributed by atoms with Gasteiger partial charge in [-0.25, -0.2) is 0 Å². The Labute approximate surface area is 146 Å². The number of phenols is 1. The van der Waals surface area contributed by atoms with E-state index in [-0.39, 0.29) is 16.2 Å². The summed E-state index contributed by atoms with van der Waals surface area (Å²) in [6, 6.07) is 9.29. The summed E-state index contributed by atoms with van der Waals surface area (Å²) in [6.07, 6.45) is 6.18. The number of imide groups is 1. The summed E-state index contributed by atoms with van der Waals surface area (Å²) in [6.45, 7) is 0. The lowest BCUT2D eigenvalue weighted by atomic mass is 10.2. The second kappa shape index (κ2) is 7.10. The van der Waals surface area contributed by atoms with E-state index in [1.165, 1.54) is 24.5 Å². The molecule has 1 fully saturated rings. The molecule has 3 rings (SSSR count). The third-order valence-corrected chi connectivity index (χ3v) is 4.09. The highest BCUT2D eigenvalue weighted by Crippen LogP contribution is 2.29. The minimum absolute atomic E-state index is 0.0387. The number of nitrogens with zero attached hydrogens (tertiary/aromatic N) is 1. The summed E-state index contributed by atoms with van der Waals surface area (Å²) in [5.41, 5.74) is 2.16. The average Bonchev–Trinajstić information content (AvgIpc) is 3.19. The highest BCUT2D eigenvalue weighted by atomic mass is 32.2. The zero-order valence-electron chi connectivity index (χ0n) is 12.7. The van der Waals surface area contributed by atoms with Gasteiger partial charge >= 0.3 is 5.24 Å². The molecule has 0 spiro atoms. The number of aromatic hydroxyl groups is 1. The molecule has 25 heavy (non-hydrogen) atoms. The fraction of sp³-hybridized carbons (Fsp3) is 0. The van der Waals surface area contributed by atoms with E-state index in [9.17, 15) is 19.5 Å². The molecule has 8 heteroatoms. The van der Waals surface area contributed by atoms with Crippen molar-refractivity contribution in [3.05, 3.63) is 71.0 Å². The highest BCUT2D eigenvalue weighted by Gasteiger charge is 2.36. The fourth-order valence-corrected chi connectivity index (χ4v) is 2.76. The number of hydrazine groups is 1. The number of nitrogens with one attached hydrogen (secondary N) is 1. The number of carbonyl (C=O) groups is 3. The monoisotopic (exact) mass is 356 g/mol. The number of benzene rings is 1. The molecular formula is C17H12N2O5S. The average molecular weight is 356 g/mol. The van der Waals surface area contributed by atoms with Crippen LogP contribution in [0.5, 0.6) is 5.75 Å². The van der Waals surface area contributed by atoms with Gasteiger partial charge in [0, 0.05) is 0 Å². The zero-order chi connectivity index (χ0) is 17.8. The van der Waals surface area contributed by atoms with Crippen LogP contribution in [0.4, 0.5) is 4.79 Å². The predicted octanol–water partition coefficient (Wildman–Crippen LogP) is 2.92. The second-order valence-corrected chi connectivity index (χ2v) is 5.87. The molecular weight excluding hydrogens is 344 g/mol. The van der Waals surface area contributed by atoms with Crippen LogP contribution in [0, 0.1) is 0 Å². The van der Waals surface area contributed by atoms with E-state index in [1.807, 2.05) is 0 Å². The number of allylic oxidation sites excluding steroid dienone is 2. The molecule has 1 aliphatic rings. The number of carbonyl (C=O) groups excluding carboxylic acids is 3. The van der Waals surface area contributed by atoms with Gasteiger partial charge in [0.2, 0.25) is 0 Å². The highest BCUT2D eigenvalue weighted by molar-refractivity contribution is 8.18. The van der Waals surface area contributed by atoms with Gasteiger partial charge in [0.1, 0.15) is 11.5 Å². The Bertz CT molecular complexity index is 886. The summed E-state index contributed by atoms with van der Waals surface area (Å²) >= 11 is 0.700. The minimum Gasteiger partial charge on any atom is -0.507 e. The first-order valence-electron chi connectivity index (χ1n) is 7.13. The molecule has 0 aliphatic carbocycles. The number of furan rings is 1. The Morgan fingerprint density at radius 2 is 2.00 bits per heavy atom. The van der Waals surface area contributed by atoms with Crippen LogP contribution in [0.1, 0.15) is 16.1 Å².